The van der Waals surface area contributed by atoms with Gasteiger partial charge in [-0.3, -0.25) is 0 Å². The van der Waals surface area contributed by atoms with Gasteiger partial charge in [-0.15, -0.1) is 45.3 Å². The first kappa shape index (κ1) is 31.0. The van der Waals surface area contributed by atoms with Crippen molar-refractivity contribution in [3.05, 3.63) is 35.0 Å². The number of thiophene rings is 4. The van der Waals surface area contributed by atoms with Crippen LogP contribution in [0.4, 0.5) is 0 Å². The Morgan fingerprint density at radius 3 is 1.02 bits per heavy atom. The Kier molecular flexibility index (Phi) is 7.97. The predicted octanol–water partition coefficient (Wildman–Crippen LogP) is 13.5. The molecule has 0 nitrogen and oxygen atoms in total. The summed E-state index contributed by atoms with van der Waals surface area (Å²) in [6.07, 6.45) is 0. The van der Waals surface area contributed by atoms with E-state index in [1.807, 2.05) is 22.7 Å². The summed E-state index contributed by atoms with van der Waals surface area (Å²) in [7, 11) is -3.54. The summed E-state index contributed by atoms with van der Waals surface area (Å²) in [5, 5.41) is 13.8. The van der Waals surface area contributed by atoms with Crippen LogP contribution >= 0.6 is 45.3 Å². The molecule has 0 atom stereocenters. The van der Waals surface area contributed by atoms with E-state index in [-0.39, 0.29) is 0 Å². The molecule has 0 bridgehead atoms. The molecule has 0 saturated carbocycles. The van der Waals surface area contributed by atoms with Crippen molar-refractivity contribution in [2.24, 2.45) is 0 Å². The van der Waals surface area contributed by atoms with E-state index in [1.165, 1.54) is 30.9 Å². The maximum atomic E-state index is 2.68. The van der Waals surface area contributed by atoms with Gasteiger partial charge in [-0.05, 0) is 77.3 Å². The van der Waals surface area contributed by atoms with Crippen LogP contribution in [0.2, 0.25) is 33.2 Å². The molecular weight excluding hydrogens is 617 g/mol. The van der Waals surface area contributed by atoms with Crippen LogP contribution in [0, 0.1) is 0 Å². The summed E-state index contributed by atoms with van der Waals surface area (Å²) >= 11 is 8.29. The second-order valence-electron chi connectivity index (χ2n) is 14.6. The first-order chi connectivity index (χ1) is 19.8. The van der Waals surface area contributed by atoms with Gasteiger partial charge in [0.15, 0.2) is 0 Å². The van der Waals surface area contributed by atoms with E-state index in [0.717, 1.165) is 0 Å². The van der Waals surface area contributed by atoms with Crippen molar-refractivity contribution in [1.82, 2.24) is 0 Å². The minimum absolute atomic E-state index is 0.712. The highest BCUT2D eigenvalue weighted by Gasteiger charge is 2.47. The van der Waals surface area contributed by atoms with Gasteiger partial charge in [0.05, 0.1) is 0 Å². The number of hydrogen-bond donors (Lipinski definition) is 0. The Balaban J connectivity index is 1.82. The maximum absolute atomic E-state index is 2.68. The van der Waals surface area contributed by atoms with Gasteiger partial charge >= 0.3 is 0 Å². The molecule has 0 aliphatic rings. The molecule has 2 aromatic carbocycles. The molecule has 0 radical (unpaired) electrons. The highest BCUT2D eigenvalue weighted by atomic mass is 32.1. The van der Waals surface area contributed by atoms with Crippen molar-refractivity contribution < 1.29 is 0 Å². The van der Waals surface area contributed by atoms with E-state index in [9.17, 15) is 0 Å². The zero-order chi connectivity index (χ0) is 30.5. The van der Waals surface area contributed by atoms with Crippen molar-refractivity contribution in [3.8, 4) is 0 Å². The largest absolute Gasteiger partial charge is 0.144 e. The first-order valence-electron chi connectivity index (χ1n) is 16.0. The van der Waals surface area contributed by atoms with Gasteiger partial charge in [0, 0.05) is 51.1 Å². The van der Waals surface area contributed by atoms with Crippen LogP contribution < -0.4 is 9.00 Å². The van der Waals surface area contributed by atoms with Gasteiger partial charge in [0.2, 0.25) is 0 Å². The highest BCUT2D eigenvalue weighted by Crippen LogP contribution is 2.52. The van der Waals surface area contributed by atoms with E-state index < -0.39 is 16.1 Å². The Morgan fingerprint density at radius 1 is 0.429 bits per heavy atom. The van der Waals surface area contributed by atoms with Crippen LogP contribution in [0.25, 0.3) is 51.1 Å². The highest BCUT2D eigenvalue weighted by molar-refractivity contribution is 7.35. The number of benzene rings is 2. The second-order valence-corrected chi connectivity index (χ2v) is 31.0. The fraction of sp³-hybridized carbons (Fsp3) is 0.500. The van der Waals surface area contributed by atoms with E-state index in [0.29, 0.717) is 33.2 Å². The quantitative estimate of drug-likeness (QED) is 0.142. The minimum Gasteiger partial charge on any atom is -0.144 e. The topological polar surface area (TPSA) is 0 Å². The molecule has 0 fully saturated rings. The minimum atomic E-state index is -1.77. The molecule has 42 heavy (non-hydrogen) atoms. The molecule has 0 amide bonds. The summed E-state index contributed by atoms with van der Waals surface area (Å²) in [5.41, 5.74) is 4.27. The maximum Gasteiger partial charge on any atom is 0.107 e. The molecule has 0 unspecified atom stereocenters. The van der Waals surface area contributed by atoms with Crippen LogP contribution in [0.3, 0.4) is 0 Å². The second kappa shape index (κ2) is 10.8. The lowest BCUT2D eigenvalue weighted by Crippen LogP contribution is -2.54. The fourth-order valence-corrected chi connectivity index (χ4v) is 32.3. The monoisotopic (exact) mass is 664 g/mol. The Labute approximate surface area is 271 Å². The summed E-state index contributed by atoms with van der Waals surface area (Å²) < 4.78 is 9.56. The zero-order valence-corrected chi connectivity index (χ0v) is 32.8. The third-order valence-electron chi connectivity index (χ3n) is 11.1. The van der Waals surface area contributed by atoms with Crippen molar-refractivity contribution in [1.29, 1.82) is 0 Å². The Hall–Kier alpha value is -1.03. The SMILES string of the molecule is CC(C)[Si](c1cc2c3ccsc3c3c4sc([Si](C(C)C)(C(C)C)C(C)C)cc4c4ccsc4c3c2s1)(C(C)C)C(C)C. The summed E-state index contributed by atoms with van der Waals surface area (Å²) in [6.45, 7) is 30.1. The smallest absolute Gasteiger partial charge is 0.107 e. The molecule has 6 aromatic rings. The van der Waals surface area contributed by atoms with Crippen molar-refractivity contribution in [2.45, 2.75) is 116 Å². The van der Waals surface area contributed by atoms with Gasteiger partial charge in [-0.2, -0.15) is 0 Å². The van der Waals surface area contributed by atoms with Gasteiger partial charge in [-0.25, -0.2) is 0 Å². The normalized spacial score (nSPS) is 14.0. The van der Waals surface area contributed by atoms with Gasteiger partial charge < -0.3 is 0 Å². The third kappa shape index (κ3) is 3.97. The lowest BCUT2D eigenvalue weighted by Gasteiger charge is -2.42. The van der Waals surface area contributed by atoms with Crippen molar-refractivity contribution >= 4 is 122 Å². The zero-order valence-electron chi connectivity index (χ0n) is 27.6. The van der Waals surface area contributed by atoms with Crippen molar-refractivity contribution in [3.63, 3.8) is 0 Å². The number of hydrogen-bond acceptors (Lipinski definition) is 4. The van der Waals surface area contributed by atoms with E-state index in [2.05, 4.69) is 141 Å². The lowest BCUT2D eigenvalue weighted by molar-refractivity contribution is 0.837. The Morgan fingerprint density at radius 2 is 0.738 bits per heavy atom. The average molecular weight is 665 g/mol. The lowest BCUT2D eigenvalue weighted by atomic mass is 10.0. The van der Waals surface area contributed by atoms with Gasteiger partial charge in [0.25, 0.3) is 0 Å². The molecule has 4 aromatic heterocycles. The van der Waals surface area contributed by atoms with E-state index >= 15 is 0 Å². The predicted molar refractivity (Wildman–Crippen MR) is 207 cm³/mol. The molecule has 0 N–H and O–H groups in total. The standard InChI is InChI=1S/C36H48S4Si2/c1-19(2)41(20(3)4,21(5)6)29-17-27-25-13-15-37-33(25)32-31(35(27)39-29)34-26(14-16-38-34)28-18-30(40-36(28)32)42(22(7)8,23(9)10)24(11)12/h13-24H,1-12H3. The Bertz CT molecular complexity index is 1740. The fourth-order valence-electron chi connectivity index (χ4n) is 9.78. The van der Waals surface area contributed by atoms with Crippen LogP contribution in [0.15, 0.2) is 35.0 Å². The summed E-state index contributed by atoms with van der Waals surface area (Å²) in [6, 6.07) is 10.2. The molecule has 0 spiro atoms. The van der Waals surface area contributed by atoms with Crippen LogP contribution in [0.1, 0.15) is 83.1 Å². The van der Waals surface area contributed by atoms with Crippen LogP contribution in [0.5, 0.6) is 0 Å². The molecule has 6 heteroatoms. The molecule has 224 valence electrons. The first-order valence-corrected chi connectivity index (χ1v) is 23.9. The average Bonchev–Trinajstić information content (AvgIpc) is 3.66. The molecule has 4 heterocycles. The van der Waals surface area contributed by atoms with E-state index in [4.69, 9.17) is 0 Å². The van der Waals surface area contributed by atoms with Gasteiger partial charge in [0.1, 0.15) is 16.1 Å². The molecule has 0 aliphatic heterocycles. The molecule has 6 rings (SSSR count). The van der Waals surface area contributed by atoms with Crippen molar-refractivity contribution in [2.75, 3.05) is 0 Å². The number of fused-ring (bicyclic) bond motifs is 11. The summed E-state index contributed by atoms with van der Waals surface area (Å²) in [4.78, 5) is 0. The molecular formula is C36H48S4Si2. The van der Waals surface area contributed by atoms with E-state index in [1.54, 1.807) is 29.2 Å². The number of rotatable bonds is 8. The summed E-state index contributed by atoms with van der Waals surface area (Å²) in [5.74, 6) is 0. The van der Waals surface area contributed by atoms with Crippen LogP contribution in [-0.4, -0.2) is 16.1 Å². The van der Waals surface area contributed by atoms with Crippen LogP contribution in [-0.2, 0) is 0 Å². The molecule has 0 saturated heterocycles. The third-order valence-corrected chi connectivity index (χ3v) is 31.1. The molecule has 0 aliphatic carbocycles. The van der Waals surface area contributed by atoms with Gasteiger partial charge in [-0.1, -0.05) is 83.1 Å².